The van der Waals surface area contributed by atoms with Gasteiger partial charge in [-0.05, 0) is 24.3 Å². The lowest BCUT2D eigenvalue weighted by Gasteiger charge is -2.03. The largest absolute Gasteiger partial charge is 0.481 e. The van der Waals surface area contributed by atoms with Gasteiger partial charge in [-0.3, -0.25) is 4.79 Å². The number of hydrogen-bond donors (Lipinski definition) is 1. The van der Waals surface area contributed by atoms with Crippen LogP contribution >= 0.6 is 34.5 Å². The van der Waals surface area contributed by atoms with Crippen LogP contribution in [0.3, 0.4) is 0 Å². The van der Waals surface area contributed by atoms with Crippen LogP contribution in [-0.2, 0) is 11.2 Å². The zero-order valence-electron chi connectivity index (χ0n) is 8.61. The van der Waals surface area contributed by atoms with Gasteiger partial charge in [-0.15, -0.1) is 11.3 Å². The van der Waals surface area contributed by atoms with Crippen molar-refractivity contribution in [2.24, 2.45) is 0 Å². The van der Waals surface area contributed by atoms with E-state index in [1.165, 1.54) is 11.3 Å². The van der Waals surface area contributed by atoms with E-state index in [2.05, 4.69) is 0 Å². The molecular formula is C12H8Cl2O2S. The fourth-order valence-electron chi connectivity index (χ4n) is 1.49. The monoisotopic (exact) mass is 286 g/mol. The molecule has 0 atom stereocenters. The maximum absolute atomic E-state index is 10.6. The average molecular weight is 287 g/mol. The number of aliphatic carboxylic acids is 1. The fraction of sp³-hybridized carbons (Fsp3) is 0.0833. The van der Waals surface area contributed by atoms with E-state index in [0.717, 1.165) is 15.3 Å². The van der Waals surface area contributed by atoms with Crippen LogP contribution in [0.1, 0.15) is 4.88 Å². The SMILES string of the molecule is O=C(O)Cc1ccc(-c2c(Cl)cccc2Cl)s1. The first-order valence-corrected chi connectivity index (χ1v) is 6.40. The molecule has 0 fully saturated rings. The van der Waals surface area contributed by atoms with E-state index in [-0.39, 0.29) is 6.42 Å². The van der Waals surface area contributed by atoms with Crippen molar-refractivity contribution < 1.29 is 9.90 Å². The molecule has 0 saturated heterocycles. The Labute approximate surface area is 112 Å². The second-order valence-corrected chi connectivity index (χ2v) is 5.42. The lowest BCUT2D eigenvalue weighted by molar-refractivity contribution is -0.136. The molecule has 0 bridgehead atoms. The molecule has 2 nitrogen and oxygen atoms in total. The third-order valence-corrected chi connectivity index (χ3v) is 3.93. The predicted octanol–water partition coefficient (Wildman–Crippen LogP) is 4.35. The first-order valence-electron chi connectivity index (χ1n) is 4.83. The normalized spacial score (nSPS) is 10.5. The van der Waals surface area contributed by atoms with E-state index in [1.54, 1.807) is 24.3 Å². The summed E-state index contributed by atoms with van der Waals surface area (Å²) < 4.78 is 0. The Kier molecular flexibility index (Phi) is 3.72. The summed E-state index contributed by atoms with van der Waals surface area (Å²) in [5, 5.41) is 9.85. The second kappa shape index (κ2) is 5.08. The van der Waals surface area contributed by atoms with Gasteiger partial charge in [0.25, 0.3) is 0 Å². The molecule has 0 aliphatic rings. The predicted molar refractivity (Wildman–Crippen MR) is 71.1 cm³/mol. The second-order valence-electron chi connectivity index (χ2n) is 3.43. The number of hydrogen-bond acceptors (Lipinski definition) is 2. The van der Waals surface area contributed by atoms with Gasteiger partial charge in [0.05, 0.1) is 16.5 Å². The van der Waals surface area contributed by atoms with Crippen LogP contribution in [-0.4, -0.2) is 11.1 Å². The van der Waals surface area contributed by atoms with Crippen LogP contribution in [0.5, 0.6) is 0 Å². The molecule has 2 aromatic rings. The maximum atomic E-state index is 10.6. The standard InChI is InChI=1S/C12H8Cl2O2S/c13-8-2-1-3-9(14)12(8)10-5-4-7(17-10)6-11(15)16/h1-5H,6H2,(H,15,16). The maximum Gasteiger partial charge on any atom is 0.308 e. The molecular weight excluding hydrogens is 279 g/mol. The molecule has 1 N–H and O–H groups in total. The Morgan fingerprint density at radius 3 is 2.41 bits per heavy atom. The van der Waals surface area contributed by atoms with Crippen molar-refractivity contribution in [3.8, 4) is 10.4 Å². The van der Waals surface area contributed by atoms with E-state index in [4.69, 9.17) is 28.3 Å². The summed E-state index contributed by atoms with van der Waals surface area (Å²) in [4.78, 5) is 12.3. The number of rotatable bonds is 3. The molecule has 1 aromatic carbocycles. The third-order valence-electron chi connectivity index (χ3n) is 2.20. The summed E-state index contributed by atoms with van der Waals surface area (Å²) in [5.41, 5.74) is 0.762. The van der Waals surface area contributed by atoms with E-state index in [1.807, 2.05) is 6.07 Å². The first-order chi connectivity index (χ1) is 8.08. The van der Waals surface area contributed by atoms with Gasteiger partial charge in [0.1, 0.15) is 0 Å². The first kappa shape index (κ1) is 12.4. The lowest BCUT2D eigenvalue weighted by Crippen LogP contribution is -1.96. The van der Waals surface area contributed by atoms with Gasteiger partial charge in [-0.25, -0.2) is 0 Å². The summed E-state index contributed by atoms with van der Waals surface area (Å²) in [6.07, 6.45) is 0.0206. The fourth-order valence-corrected chi connectivity index (χ4v) is 3.27. The van der Waals surface area contributed by atoms with Crippen molar-refractivity contribution in [1.82, 2.24) is 0 Å². The van der Waals surface area contributed by atoms with Gasteiger partial charge in [-0.2, -0.15) is 0 Å². The Morgan fingerprint density at radius 1 is 1.18 bits per heavy atom. The van der Waals surface area contributed by atoms with Gasteiger partial charge >= 0.3 is 5.97 Å². The van der Waals surface area contributed by atoms with E-state index in [9.17, 15) is 4.79 Å². The summed E-state index contributed by atoms with van der Waals surface area (Å²) in [7, 11) is 0. The summed E-state index contributed by atoms with van der Waals surface area (Å²) in [6, 6.07) is 8.93. The highest BCUT2D eigenvalue weighted by Gasteiger charge is 2.11. The number of halogens is 2. The summed E-state index contributed by atoms with van der Waals surface area (Å²) in [6.45, 7) is 0. The van der Waals surface area contributed by atoms with Gasteiger partial charge < -0.3 is 5.11 Å². The number of carbonyl (C=O) groups is 1. The molecule has 1 heterocycles. The molecule has 88 valence electrons. The highest BCUT2D eigenvalue weighted by molar-refractivity contribution is 7.15. The van der Waals surface area contributed by atoms with Gasteiger partial charge in [-0.1, -0.05) is 29.3 Å². The van der Waals surface area contributed by atoms with Crippen molar-refractivity contribution in [2.45, 2.75) is 6.42 Å². The number of carboxylic acids is 1. The zero-order valence-corrected chi connectivity index (χ0v) is 10.9. The minimum atomic E-state index is -0.844. The van der Waals surface area contributed by atoms with Gasteiger partial charge in [0.15, 0.2) is 0 Å². The highest BCUT2D eigenvalue weighted by Crippen LogP contribution is 2.38. The molecule has 0 radical (unpaired) electrons. The molecule has 5 heteroatoms. The van der Waals surface area contributed by atoms with E-state index < -0.39 is 5.97 Å². The van der Waals surface area contributed by atoms with E-state index >= 15 is 0 Å². The van der Waals surface area contributed by atoms with Crippen molar-refractivity contribution in [3.05, 3.63) is 45.3 Å². The Balaban J connectivity index is 2.40. The van der Waals surface area contributed by atoms with Crippen molar-refractivity contribution in [2.75, 3.05) is 0 Å². The number of thiophene rings is 1. The Hall–Kier alpha value is -1.03. The van der Waals surface area contributed by atoms with Crippen molar-refractivity contribution in [1.29, 1.82) is 0 Å². The third kappa shape index (κ3) is 2.80. The lowest BCUT2D eigenvalue weighted by atomic mass is 10.2. The molecule has 0 amide bonds. The smallest absolute Gasteiger partial charge is 0.308 e. The minimum Gasteiger partial charge on any atom is -0.481 e. The topological polar surface area (TPSA) is 37.3 Å². The molecule has 0 unspecified atom stereocenters. The molecule has 17 heavy (non-hydrogen) atoms. The molecule has 1 aromatic heterocycles. The van der Waals surface area contributed by atoms with Crippen LogP contribution in [0.25, 0.3) is 10.4 Å². The molecule has 0 spiro atoms. The quantitative estimate of drug-likeness (QED) is 0.911. The Morgan fingerprint density at radius 2 is 1.82 bits per heavy atom. The van der Waals surface area contributed by atoms with Crippen LogP contribution in [0.15, 0.2) is 30.3 Å². The zero-order chi connectivity index (χ0) is 12.4. The van der Waals surface area contributed by atoms with Crippen LogP contribution in [0.2, 0.25) is 10.0 Å². The molecule has 0 saturated carbocycles. The highest BCUT2D eigenvalue weighted by atomic mass is 35.5. The number of benzene rings is 1. The van der Waals surface area contributed by atoms with Crippen molar-refractivity contribution in [3.63, 3.8) is 0 Å². The van der Waals surface area contributed by atoms with Gasteiger partial charge in [0, 0.05) is 15.3 Å². The van der Waals surface area contributed by atoms with Gasteiger partial charge in [0.2, 0.25) is 0 Å². The molecule has 2 rings (SSSR count). The van der Waals surface area contributed by atoms with E-state index in [0.29, 0.717) is 10.0 Å². The minimum absolute atomic E-state index is 0.0206. The Bertz CT molecular complexity index is 543. The van der Waals surface area contributed by atoms with Crippen molar-refractivity contribution >= 4 is 40.5 Å². The molecule has 0 aliphatic heterocycles. The van der Waals surface area contributed by atoms with Crippen LogP contribution < -0.4 is 0 Å². The molecule has 0 aliphatic carbocycles. The number of carboxylic acid groups (broad SMARTS) is 1. The summed E-state index contributed by atoms with van der Waals surface area (Å²) >= 11 is 13.6. The average Bonchev–Trinajstić information content (AvgIpc) is 2.65. The van der Waals surface area contributed by atoms with Crippen LogP contribution in [0.4, 0.5) is 0 Å². The van der Waals surface area contributed by atoms with Crippen LogP contribution in [0, 0.1) is 0 Å². The summed E-state index contributed by atoms with van der Waals surface area (Å²) in [5.74, 6) is -0.844.